The Bertz CT molecular complexity index is 281. The Morgan fingerprint density at radius 2 is 2.33 bits per heavy atom. The molecular weight excluding hydrogens is 212 g/mol. The van der Waals surface area contributed by atoms with Crippen LogP contribution in [0.3, 0.4) is 0 Å². The third-order valence-electron chi connectivity index (χ3n) is 2.92. The zero-order valence-electron chi connectivity index (χ0n) is 8.69. The van der Waals surface area contributed by atoms with Crippen LogP contribution in [0.25, 0.3) is 0 Å². The number of carbonyl (C=O) groups excluding carboxylic acids is 1. The van der Waals surface area contributed by atoms with E-state index in [1.54, 1.807) is 0 Å². The second-order valence-electron chi connectivity index (χ2n) is 4.04. The highest BCUT2D eigenvalue weighted by Gasteiger charge is 2.23. The predicted octanol–water partition coefficient (Wildman–Crippen LogP) is 0.710. The molecule has 1 N–H and O–H groups in total. The van der Waals surface area contributed by atoms with Crippen LogP contribution >= 0.6 is 11.8 Å². The number of likely N-dealkylation sites (tertiary alicyclic amines) is 1. The summed E-state index contributed by atoms with van der Waals surface area (Å²) in [4.78, 5) is 17.2. The number of carbonyl (C=O) groups is 1. The lowest BCUT2D eigenvalue weighted by molar-refractivity contribution is -0.115. The van der Waals surface area contributed by atoms with Crippen molar-refractivity contribution >= 4 is 22.8 Å². The molecule has 2 rings (SSSR count). The second kappa shape index (κ2) is 4.99. The van der Waals surface area contributed by atoms with Gasteiger partial charge in [-0.25, -0.2) is 0 Å². The summed E-state index contributed by atoms with van der Waals surface area (Å²) in [5.41, 5.74) is 0. The lowest BCUT2D eigenvalue weighted by Crippen LogP contribution is -2.29. The van der Waals surface area contributed by atoms with Gasteiger partial charge in [-0.05, 0) is 25.2 Å². The average Bonchev–Trinajstić information content (AvgIpc) is 2.54. The zero-order valence-corrected chi connectivity index (χ0v) is 9.50. The van der Waals surface area contributed by atoms with Gasteiger partial charge in [0.2, 0.25) is 0 Å². The highest BCUT2D eigenvalue weighted by Crippen LogP contribution is 2.22. The Hall–Kier alpha value is -0.550. The first-order valence-corrected chi connectivity index (χ1v) is 6.38. The van der Waals surface area contributed by atoms with Gasteiger partial charge in [-0.15, -0.1) is 0 Å². The monoisotopic (exact) mass is 228 g/mol. The van der Waals surface area contributed by atoms with E-state index >= 15 is 0 Å². The SMILES string of the molecule is O=C1CSC(N2CCCC(CO)CC2)=N1. The van der Waals surface area contributed by atoms with Crippen molar-refractivity contribution in [1.29, 1.82) is 0 Å². The number of aliphatic hydroxyl groups excluding tert-OH is 1. The number of thioether (sulfide) groups is 1. The number of aliphatic imine (C=N–C) groups is 1. The molecule has 1 atom stereocenters. The maximum Gasteiger partial charge on any atom is 0.258 e. The van der Waals surface area contributed by atoms with Gasteiger partial charge < -0.3 is 10.0 Å². The maximum atomic E-state index is 11.0. The number of rotatable bonds is 1. The van der Waals surface area contributed by atoms with E-state index in [1.807, 2.05) is 0 Å². The van der Waals surface area contributed by atoms with E-state index in [2.05, 4.69) is 9.89 Å². The van der Waals surface area contributed by atoms with Crippen LogP contribution in [0.5, 0.6) is 0 Å². The van der Waals surface area contributed by atoms with Crippen molar-refractivity contribution in [2.75, 3.05) is 25.4 Å². The van der Waals surface area contributed by atoms with Gasteiger partial charge in [0.15, 0.2) is 5.17 Å². The maximum absolute atomic E-state index is 11.0. The highest BCUT2D eigenvalue weighted by atomic mass is 32.2. The minimum atomic E-state index is -0.0158. The van der Waals surface area contributed by atoms with Gasteiger partial charge in [0, 0.05) is 19.7 Å². The summed E-state index contributed by atoms with van der Waals surface area (Å²) in [7, 11) is 0. The number of amides is 1. The van der Waals surface area contributed by atoms with Crippen LogP contribution in [0.1, 0.15) is 19.3 Å². The van der Waals surface area contributed by atoms with E-state index in [0.29, 0.717) is 11.7 Å². The van der Waals surface area contributed by atoms with Crippen molar-refractivity contribution in [3.8, 4) is 0 Å². The lowest BCUT2D eigenvalue weighted by Gasteiger charge is -2.20. The van der Waals surface area contributed by atoms with Gasteiger partial charge in [0.05, 0.1) is 5.75 Å². The Morgan fingerprint density at radius 3 is 3.00 bits per heavy atom. The Labute approximate surface area is 93.7 Å². The highest BCUT2D eigenvalue weighted by molar-refractivity contribution is 8.14. The number of hydrogen-bond donors (Lipinski definition) is 1. The summed E-state index contributed by atoms with van der Waals surface area (Å²) in [5, 5.41) is 9.99. The number of aliphatic hydroxyl groups is 1. The molecule has 1 unspecified atom stereocenters. The first kappa shape index (κ1) is 11.0. The largest absolute Gasteiger partial charge is 0.396 e. The van der Waals surface area contributed by atoms with Crippen molar-refractivity contribution in [2.24, 2.45) is 10.9 Å². The summed E-state index contributed by atoms with van der Waals surface area (Å²) >= 11 is 1.54. The summed E-state index contributed by atoms with van der Waals surface area (Å²) in [6.07, 6.45) is 3.17. The predicted molar refractivity (Wildman–Crippen MR) is 60.9 cm³/mol. The minimum absolute atomic E-state index is 0.0158. The molecule has 0 aromatic heterocycles. The second-order valence-corrected chi connectivity index (χ2v) is 4.99. The average molecular weight is 228 g/mol. The van der Waals surface area contributed by atoms with Gasteiger partial charge in [-0.2, -0.15) is 4.99 Å². The summed E-state index contributed by atoms with van der Waals surface area (Å²) < 4.78 is 0. The van der Waals surface area contributed by atoms with E-state index in [-0.39, 0.29) is 12.5 Å². The van der Waals surface area contributed by atoms with Crippen LogP contribution in [0.4, 0.5) is 0 Å². The standard InChI is InChI=1S/C10H16N2O2S/c13-6-8-2-1-4-12(5-3-8)10-11-9(14)7-15-10/h8,13H,1-7H2. The van der Waals surface area contributed by atoms with E-state index in [9.17, 15) is 4.79 Å². The van der Waals surface area contributed by atoms with Crippen molar-refractivity contribution in [2.45, 2.75) is 19.3 Å². The Morgan fingerprint density at radius 1 is 1.47 bits per heavy atom. The number of hydrogen-bond acceptors (Lipinski definition) is 4. The van der Waals surface area contributed by atoms with Crippen LogP contribution < -0.4 is 0 Å². The molecular formula is C10H16N2O2S. The van der Waals surface area contributed by atoms with Crippen molar-refractivity contribution < 1.29 is 9.90 Å². The van der Waals surface area contributed by atoms with Crippen molar-refractivity contribution in [1.82, 2.24) is 4.90 Å². The van der Waals surface area contributed by atoms with Crippen LogP contribution in [-0.4, -0.2) is 46.5 Å². The smallest absolute Gasteiger partial charge is 0.258 e. The molecule has 0 saturated carbocycles. The molecule has 0 radical (unpaired) electrons. The van der Waals surface area contributed by atoms with Crippen LogP contribution in [-0.2, 0) is 4.79 Å². The lowest BCUT2D eigenvalue weighted by atomic mass is 10.0. The molecule has 1 fully saturated rings. The zero-order chi connectivity index (χ0) is 10.7. The third-order valence-corrected chi connectivity index (χ3v) is 3.92. The molecule has 15 heavy (non-hydrogen) atoms. The van der Waals surface area contributed by atoms with Gasteiger partial charge >= 0.3 is 0 Å². The molecule has 1 saturated heterocycles. The van der Waals surface area contributed by atoms with Crippen molar-refractivity contribution in [3.05, 3.63) is 0 Å². The summed E-state index contributed by atoms with van der Waals surface area (Å²) in [5.74, 6) is 0.908. The molecule has 0 aliphatic carbocycles. The molecule has 4 nitrogen and oxygen atoms in total. The van der Waals surface area contributed by atoms with Crippen LogP contribution in [0.2, 0.25) is 0 Å². The van der Waals surface area contributed by atoms with E-state index < -0.39 is 0 Å². The number of amidine groups is 1. The fourth-order valence-corrected chi connectivity index (χ4v) is 2.85. The summed E-state index contributed by atoms with van der Waals surface area (Å²) in [6, 6.07) is 0. The minimum Gasteiger partial charge on any atom is -0.396 e. The first-order chi connectivity index (χ1) is 7.29. The van der Waals surface area contributed by atoms with Gasteiger partial charge in [0.25, 0.3) is 5.91 Å². The summed E-state index contributed by atoms with van der Waals surface area (Å²) in [6.45, 7) is 2.17. The molecule has 0 spiro atoms. The Balaban J connectivity index is 1.93. The topological polar surface area (TPSA) is 52.9 Å². The molecule has 0 bridgehead atoms. The van der Waals surface area contributed by atoms with Crippen molar-refractivity contribution in [3.63, 3.8) is 0 Å². The molecule has 5 heteroatoms. The quantitative estimate of drug-likeness (QED) is 0.718. The van der Waals surface area contributed by atoms with Gasteiger partial charge in [0.1, 0.15) is 0 Å². The van der Waals surface area contributed by atoms with E-state index in [4.69, 9.17) is 5.11 Å². The Kier molecular flexibility index (Phi) is 3.64. The fraction of sp³-hybridized carbons (Fsp3) is 0.800. The van der Waals surface area contributed by atoms with Crippen LogP contribution in [0.15, 0.2) is 4.99 Å². The third kappa shape index (κ3) is 2.72. The molecule has 84 valence electrons. The first-order valence-electron chi connectivity index (χ1n) is 5.39. The van der Waals surface area contributed by atoms with Gasteiger partial charge in [-0.1, -0.05) is 11.8 Å². The number of nitrogens with zero attached hydrogens (tertiary/aromatic N) is 2. The normalized spacial score (nSPS) is 27.8. The fourth-order valence-electron chi connectivity index (χ4n) is 2.00. The molecule has 2 heterocycles. The molecule has 2 aliphatic heterocycles. The molecule has 0 aromatic rings. The molecule has 1 amide bonds. The van der Waals surface area contributed by atoms with Gasteiger partial charge in [-0.3, -0.25) is 4.79 Å². The van der Waals surface area contributed by atoms with E-state index in [0.717, 1.165) is 37.5 Å². The molecule has 2 aliphatic rings. The van der Waals surface area contributed by atoms with E-state index in [1.165, 1.54) is 11.8 Å². The van der Waals surface area contributed by atoms with Crippen LogP contribution in [0, 0.1) is 5.92 Å². The molecule has 0 aromatic carbocycles.